The highest BCUT2D eigenvalue weighted by molar-refractivity contribution is 7.09. The van der Waals surface area contributed by atoms with Crippen molar-refractivity contribution in [1.29, 1.82) is 0 Å². The van der Waals surface area contributed by atoms with E-state index in [1.165, 1.54) is 17.8 Å². The first kappa shape index (κ1) is 12.9. The summed E-state index contributed by atoms with van der Waals surface area (Å²) in [5.41, 5.74) is -0.0337. The van der Waals surface area contributed by atoms with Crippen molar-refractivity contribution in [3.8, 4) is 0 Å². The van der Waals surface area contributed by atoms with Crippen molar-refractivity contribution < 1.29 is 14.7 Å². The van der Waals surface area contributed by atoms with Gasteiger partial charge < -0.3 is 10.4 Å². The Hall–Kier alpha value is -2.55. The van der Waals surface area contributed by atoms with Gasteiger partial charge in [-0.2, -0.15) is 0 Å². The molecule has 0 unspecified atom stereocenters. The summed E-state index contributed by atoms with van der Waals surface area (Å²) in [6, 6.07) is 1.14. The smallest absolute Gasteiger partial charge is 0.355 e. The highest BCUT2D eigenvalue weighted by atomic mass is 32.1. The molecule has 2 heterocycles. The van der Waals surface area contributed by atoms with Crippen molar-refractivity contribution in [2.75, 3.05) is 5.32 Å². The molecule has 3 N–H and O–H groups in total. The molecule has 0 radical (unpaired) electrons. The van der Waals surface area contributed by atoms with E-state index < -0.39 is 12.0 Å². The molecule has 2 aromatic rings. The van der Waals surface area contributed by atoms with E-state index in [1.807, 2.05) is 0 Å². The Bertz CT molecular complexity index is 586. The van der Waals surface area contributed by atoms with Gasteiger partial charge in [0.1, 0.15) is 5.01 Å². The fourth-order valence-electron chi connectivity index (χ4n) is 1.16. The Morgan fingerprint density at radius 3 is 2.68 bits per heavy atom. The van der Waals surface area contributed by atoms with Crippen LogP contribution in [-0.4, -0.2) is 32.1 Å². The third-order valence-electron chi connectivity index (χ3n) is 1.96. The van der Waals surface area contributed by atoms with Crippen LogP contribution in [0.25, 0.3) is 0 Å². The van der Waals surface area contributed by atoms with Gasteiger partial charge in [-0.3, -0.25) is 5.32 Å². The van der Waals surface area contributed by atoms with Crippen LogP contribution in [0.15, 0.2) is 23.8 Å². The first-order valence-corrected chi connectivity index (χ1v) is 6.02. The molecule has 0 aliphatic heterocycles. The maximum absolute atomic E-state index is 11.5. The molecule has 0 fully saturated rings. The third-order valence-corrected chi connectivity index (χ3v) is 2.81. The lowest BCUT2D eigenvalue weighted by Crippen LogP contribution is -2.28. The number of hydrogen-bond donors (Lipinski definition) is 3. The Kier molecular flexibility index (Phi) is 3.98. The topological polar surface area (TPSA) is 117 Å². The monoisotopic (exact) mass is 279 g/mol. The lowest BCUT2D eigenvalue weighted by atomic mass is 10.5. The molecule has 2 rings (SSSR count). The molecular weight excluding hydrogens is 270 g/mol. The van der Waals surface area contributed by atoms with Gasteiger partial charge in [0.25, 0.3) is 0 Å². The number of carboxylic acid groups (broad SMARTS) is 1. The molecule has 8 nitrogen and oxygen atoms in total. The van der Waals surface area contributed by atoms with Gasteiger partial charge in [0.2, 0.25) is 5.95 Å². The second-order valence-corrected chi connectivity index (χ2v) is 4.25. The normalized spacial score (nSPS) is 9.89. The molecule has 0 spiro atoms. The van der Waals surface area contributed by atoms with Crippen molar-refractivity contribution in [3.05, 3.63) is 34.5 Å². The third kappa shape index (κ3) is 3.71. The summed E-state index contributed by atoms with van der Waals surface area (Å²) in [4.78, 5) is 33.6. The van der Waals surface area contributed by atoms with Gasteiger partial charge in [-0.1, -0.05) is 0 Å². The van der Waals surface area contributed by atoms with E-state index >= 15 is 0 Å². The Morgan fingerprint density at radius 2 is 2.05 bits per heavy atom. The van der Waals surface area contributed by atoms with Gasteiger partial charge in [0, 0.05) is 17.8 Å². The predicted octanol–water partition coefficient (Wildman–Crippen LogP) is 0.953. The largest absolute Gasteiger partial charge is 0.476 e. The fourth-order valence-corrected chi connectivity index (χ4v) is 1.86. The maximum Gasteiger partial charge on any atom is 0.355 e. The number of carbonyl (C=O) groups excluding carboxylic acids is 1. The van der Waals surface area contributed by atoms with E-state index in [2.05, 4.69) is 25.6 Å². The average molecular weight is 279 g/mol. The van der Waals surface area contributed by atoms with E-state index in [-0.39, 0.29) is 18.2 Å². The van der Waals surface area contributed by atoms with Crippen LogP contribution in [0, 0.1) is 0 Å². The van der Waals surface area contributed by atoms with Crippen molar-refractivity contribution in [2.24, 2.45) is 0 Å². The van der Waals surface area contributed by atoms with Crippen LogP contribution in [0.3, 0.4) is 0 Å². The van der Waals surface area contributed by atoms with E-state index in [4.69, 9.17) is 5.11 Å². The molecule has 0 bridgehead atoms. The van der Waals surface area contributed by atoms with Gasteiger partial charge >= 0.3 is 12.0 Å². The number of carbonyl (C=O) groups is 2. The summed E-state index contributed by atoms with van der Waals surface area (Å²) >= 11 is 1.16. The highest BCUT2D eigenvalue weighted by Gasteiger charge is 2.09. The van der Waals surface area contributed by atoms with Crippen LogP contribution in [0.5, 0.6) is 0 Å². The molecule has 9 heteroatoms. The van der Waals surface area contributed by atoms with Gasteiger partial charge in [-0.15, -0.1) is 11.3 Å². The summed E-state index contributed by atoms with van der Waals surface area (Å²) in [6.45, 7) is 0.136. The van der Waals surface area contributed by atoms with Crippen molar-refractivity contribution in [1.82, 2.24) is 20.3 Å². The molecule has 0 atom stereocenters. The fraction of sp³-hybridized carbons (Fsp3) is 0.100. The van der Waals surface area contributed by atoms with E-state index in [1.54, 1.807) is 6.07 Å². The number of hydrogen-bond acceptors (Lipinski definition) is 6. The van der Waals surface area contributed by atoms with E-state index in [0.717, 1.165) is 11.3 Å². The zero-order valence-electron chi connectivity index (χ0n) is 9.53. The van der Waals surface area contributed by atoms with Gasteiger partial charge in [0.05, 0.1) is 6.54 Å². The van der Waals surface area contributed by atoms with Crippen LogP contribution < -0.4 is 10.6 Å². The van der Waals surface area contributed by atoms with Crippen LogP contribution in [0.4, 0.5) is 10.7 Å². The zero-order valence-corrected chi connectivity index (χ0v) is 10.3. The number of aromatic nitrogens is 3. The van der Waals surface area contributed by atoms with Gasteiger partial charge in [0.15, 0.2) is 5.69 Å². The van der Waals surface area contributed by atoms with Crippen molar-refractivity contribution in [2.45, 2.75) is 6.54 Å². The number of rotatable bonds is 4. The second-order valence-electron chi connectivity index (χ2n) is 3.31. The van der Waals surface area contributed by atoms with Crippen molar-refractivity contribution in [3.63, 3.8) is 0 Å². The lowest BCUT2D eigenvalue weighted by molar-refractivity contribution is 0.0691. The number of amides is 2. The molecular formula is C10H9N5O3S. The highest BCUT2D eigenvalue weighted by Crippen LogP contribution is 2.09. The minimum Gasteiger partial charge on any atom is -0.476 e. The first-order chi connectivity index (χ1) is 9.15. The summed E-state index contributed by atoms with van der Waals surface area (Å²) < 4.78 is 0. The molecule has 2 aromatic heterocycles. The number of aromatic carboxylic acids is 1. The van der Waals surface area contributed by atoms with E-state index in [0.29, 0.717) is 5.01 Å². The summed E-state index contributed by atoms with van der Waals surface area (Å²) in [5.74, 6) is -0.907. The summed E-state index contributed by atoms with van der Waals surface area (Å²) in [5, 5.41) is 15.6. The number of thiazole rings is 1. The quantitative estimate of drug-likeness (QED) is 0.767. The van der Waals surface area contributed by atoms with Gasteiger partial charge in [-0.05, 0) is 6.07 Å². The Labute approximate surface area is 111 Å². The summed E-state index contributed by atoms with van der Waals surface area (Å²) in [7, 11) is 0. The molecule has 0 aliphatic rings. The Morgan fingerprint density at radius 1 is 1.32 bits per heavy atom. The van der Waals surface area contributed by atoms with Crippen LogP contribution in [0.1, 0.15) is 15.5 Å². The number of nitrogens with one attached hydrogen (secondary N) is 2. The van der Waals surface area contributed by atoms with Crippen LogP contribution >= 0.6 is 11.3 Å². The molecule has 2 amide bonds. The molecule has 98 valence electrons. The average Bonchev–Trinajstić information content (AvgIpc) is 2.86. The molecule has 19 heavy (non-hydrogen) atoms. The lowest BCUT2D eigenvalue weighted by Gasteiger charge is -2.03. The first-order valence-electron chi connectivity index (χ1n) is 5.14. The molecule has 0 aliphatic carbocycles. The van der Waals surface area contributed by atoms with Gasteiger partial charge in [-0.25, -0.2) is 24.5 Å². The second kappa shape index (κ2) is 5.87. The van der Waals surface area contributed by atoms with Crippen molar-refractivity contribution >= 4 is 29.3 Å². The number of urea groups is 1. The maximum atomic E-state index is 11.5. The van der Waals surface area contributed by atoms with Crippen LogP contribution in [0.2, 0.25) is 0 Å². The van der Waals surface area contributed by atoms with E-state index in [9.17, 15) is 9.59 Å². The Balaban J connectivity index is 1.84. The number of nitrogens with zero attached hydrogens (tertiary/aromatic N) is 3. The number of carboxylic acids is 1. The standard InChI is InChI=1S/C10H9N5O3S/c16-8(17)6-5-19-7(14-6)4-13-10(18)15-9-11-2-1-3-12-9/h1-3,5H,4H2,(H,16,17)(H2,11,12,13,15,18). The van der Waals surface area contributed by atoms with Crippen LogP contribution in [-0.2, 0) is 6.54 Å². The molecule has 0 saturated carbocycles. The minimum absolute atomic E-state index is 0.0337. The predicted molar refractivity (Wildman–Crippen MR) is 67.0 cm³/mol. The number of anilines is 1. The summed E-state index contributed by atoms with van der Waals surface area (Å²) in [6.07, 6.45) is 3.01. The SMILES string of the molecule is O=C(NCc1nc(C(=O)O)cs1)Nc1ncccn1. The molecule has 0 aromatic carbocycles. The zero-order chi connectivity index (χ0) is 13.7. The minimum atomic E-state index is -1.09. The molecule has 0 saturated heterocycles.